The molecule has 1 atom stereocenters. The Morgan fingerprint density at radius 3 is 2.22 bits per heavy atom. The van der Waals surface area contributed by atoms with Crippen LogP contribution in [0.1, 0.15) is 44.0 Å². The van der Waals surface area contributed by atoms with Gasteiger partial charge in [0.1, 0.15) is 0 Å². The highest BCUT2D eigenvalue weighted by Crippen LogP contribution is 2.13. The molecule has 0 aliphatic rings. The lowest BCUT2D eigenvalue weighted by Gasteiger charge is -2.28. The van der Waals surface area contributed by atoms with Crippen molar-refractivity contribution in [3.05, 3.63) is 35.9 Å². The smallest absolute Gasteiger partial charge is 0.166 e. The average molecular weight is 247 g/mol. The summed E-state index contributed by atoms with van der Waals surface area (Å²) in [6, 6.07) is 10.2. The molecule has 0 saturated heterocycles. The van der Waals surface area contributed by atoms with Gasteiger partial charge in [-0.1, -0.05) is 51.1 Å². The zero-order valence-corrected chi connectivity index (χ0v) is 12.0. The SMILES string of the molecule is CCC(CC)N(C)CC(C)C(=O)c1ccccc1. The van der Waals surface area contributed by atoms with E-state index in [0.717, 1.165) is 24.9 Å². The molecule has 2 nitrogen and oxygen atoms in total. The van der Waals surface area contributed by atoms with Crippen LogP contribution in [0.3, 0.4) is 0 Å². The van der Waals surface area contributed by atoms with Gasteiger partial charge in [-0.15, -0.1) is 0 Å². The topological polar surface area (TPSA) is 20.3 Å². The zero-order valence-electron chi connectivity index (χ0n) is 12.0. The summed E-state index contributed by atoms with van der Waals surface area (Å²) in [5, 5.41) is 0. The molecule has 0 radical (unpaired) electrons. The van der Waals surface area contributed by atoms with Crippen LogP contribution in [0.4, 0.5) is 0 Å². The minimum absolute atomic E-state index is 0.0537. The van der Waals surface area contributed by atoms with E-state index in [2.05, 4.69) is 25.8 Å². The summed E-state index contributed by atoms with van der Waals surface area (Å²) in [6.45, 7) is 7.26. The van der Waals surface area contributed by atoms with Gasteiger partial charge >= 0.3 is 0 Å². The maximum absolute atomic E-state index is 12.3. The van der Waals surface area contributed by atoms with Gasteiger partial charge in [0.05, 0.1) is 0 Å². The third-order valence-corrected chi connectivity index (χ3v) is 3.63. The molecule has 0 fully saturated rings. The first-order valence-electron chi connectivity index (χ1n) is 6.89. The van der Waals surface area contributed by atoms with Gasteiger partial charge in [-0.05, 0) is 19.9 Å². The van der Waals surface area contributed by atoms with Crippen molar-refractivity contribution in [2.45, 2.75) is 39.7 Å². The van der Waals surface area contributed by atoms with E-state index < -0.39 is 0 Å². The first-order valence-corrected chi connectivity index (χ1v) is 6.89. The van der Waals surface area contributed by atoms with Gasteiger partial charge in [0.25, 0.3) is 0 Å². The van der Waals surface area contributed by atoms with E-state index in [1.54, 1.807) is 0 Å². The van der Waals surface area contributed by atoms with Crippen LogP contribution in [0.2, 0.25) is 0 Å². The minimum atomic E-state index is 0.0537. The average Bonchev–Trinajstić information content (AvgIpc) is 2.40. The van der Waals surface area contributed by atoms with Crippen molar-refractivity contribution in [2.75, 3.05) is 13.6 Å². The number of benzene rings is 1. The van der Waals surface area contributed by atoms with Crippen LogP contribution >= 0.6 is 0 Å². The van der Waals surface area contributed by atoms with Crippen molar-refractivity contribution in [1.82, 2.24) is 4.90 Å². The van der Waals surface area contributed by atoms with Crippen molar-refractivity contribution < 1.29 is 4.79 Å². The molecule has 18 heavy (non-hydrogen) atoms. The van der Waals surface area contributed by atoms with Crippen LogP contribution in [-0.4, -0.2) is 30.3 Å². The number of Topliss-reactive ketones (excluding diaryl/α,β-unsaturated/α-hetero) is 1. The van der Waals surface area contributed by atoms with Crippen molar-refractivity contribution in [3.8, 4) is 0 Å². The van der Waals surface area contributed by atoms with Gasteiger partial charge in [-0.2, -0.15) is 0 Å². The summed E-state index contributed by atoms with van der Waals surface area (Å²) in [7, 11) is 2.12. The van der Waals surface area contributed by atoms with Gasteiger partial charge in [0.2, 0.25) is 0 Å². The maximum atomic E-state index is 12.3. The van der Waals surface area contributed by atoms with E-state index in [-0.39, 0.29) is 11.7 Å². The molecule has 1 unspecified atom stereocenters. The van der Waals surface area contributed by atoms with Crippen LogP contribution in [0.25, 0.3) is 0 Å². The Hall–Kier alpha value is -1.15. The molecule has 0 aromatic heterocycles. The Balaban J connectivity index is 2.60. The molecule has 1 aromatic carbocycles. The lowest BCUT2D eigenvalue weighted by molar-refractivity contribution is 0.0883. The van der Waals surface area contributed by atoms with Gasteiger partial charge in [-0.25, -0.2) is 0 Å². The molecule has 100 valence electrons. The fourth-order valence-electron chi connectivity index (χ4n) is 2.46. The number of ketones is 1. The van der Waals surface area contributed by atoms with Gasteiger partial charge < -0.3 is 4.90 Å². The monoisotopic (exact) mass is 247 g/mol. The van der Waals surface area contributed by atoms with Gasteiger partial charge in [0.15, 0.2) is 5.78 Å². The Bertz CT molecular complexity index is 357. The van der Waals surface area contributed by atoms with Crippen LogP contribution < -0.4 is 0 Å². The summed E-state index contributed by atoms with van der Waals surface area (Å²) in [6.07, 6.45) is 2.28. The lowest BCUT2D eigenvalue weighted by Crippen LogP contribution is -2.36. The number of hydrogen-bond donors (Lipinski definition) is 0. The summed E-state index contributed by atoms with van der Waals surface area (Å²) in [5.41, 5.74) is 0.822. The van der Waals surface area contributed by atoms with Crippen LogP contribution in [0.5, 0.6) is 0 Å². The zero-order chi connectivity index (χ0) is 13.5. The first kappa shape index (κ1) is 14.9. The largest absolute Gasteiger partial charge is 0.303 e. The van der Waals surface area contributed by atoms with Crippen LogP contribution in [-0.2, 0) is 0 Å². The molecule has 0 amide bonds. The van der Waals surface area contributed by atoms with E-state index in [0.29, 0.717) is 6.04 Å². The van der Waals surface area contributed by atoms with E-state index in [1.807, 2.05) is 37.3 Å². The van der Waals surface area contributed by atoms with Crippen LogP contribution in [0, 0.1) is 5.92 Å². The molecule has 0 spiro atoms. The summed E-state index contributed by atoms with van der Waals surface area (Å²) in [4.78, 5) is 14.6. The molecule has 0 aliphatic heterocycles. The quantitative estimate of drug-likeness (QED) is 0.686. The molecule has 2 heteroatoms. The second-order valence-electron chi connectivity index (χ2n) is 5.04. The third-order valence-electron chi connectivity index (χ3n) is 3.63. The number of nitrogens with zero attached hydrogens (tertiary/aromatic N) is 1. The third kappa shape index (κ3) is 3.95. The van der Waals surface area contributed by atoms with Crippen molar-refractivity contribution >= 4 is 5.78 Å². The Labute approximate surface area is 111 Å². The van der Waals surface area contributed by atoms with Crippen molar-refractivity contribution in [3.63, 3.8) is 0 Å². The summed E-state index contributed by atoms with van der Waals surface area (Å²) >= 11 is 0. The van der Waals surface area contributed by atoms with E-state index in [4.69, 9.17) is 0 Å². The van der Waals surface area contributed by atoms with Crippen LogP contribution in [0.15, 0.2) is 30.3 Å². The molecule has 1 aromatic rings. The Kier molecular flexibility index (Phi) is 6.06. The molecule has 0 bridgehead atoms. The van der Waals surface area contributed by atoms with E-state index in [9.17, 15) is 4.79 Å². The standard InChI is InChI=1S/C16H25NO/c1-5-15(6-2)17(4)12-13(3)16(18)14-10-8-7-9-11-14/h7-11,13,15H,5-6,12H2,1-4H3. The Morgan fingerprint density at radius 2 is 1.72 bits per heavy atom. The summed E-state index contributed by atoms with van der Waals surface area (Å²) < 4.78 is 0. The normalized spacial score (nSPS) is 13.0. The number of hydrogen-bond acceptors (Lipinski definition) is 2. The van der Waals surface area contributed by atoms with Gasteiger partial charge in [-0.3, -0.25) is 4.79 Å². The highest BCUT2D eigenvalue weighted by Gasteiger charge is 2.19. The van der Waals surface area contributed by atoms with Crippen molar-refractivity contribution in [1.29, 1.82) is 0 Å². The van der Waals surface area contributed by atoms with Crippen molar-refractivity contribution in [2.24, 2.45) is 5.92 Å². The molecule has 1 rings (SSSR count). The van der Waals surface area contributed by atoms with E-state index >= 15 is 0 Å². The highest BCUT2D eigenvalue weighted by molar-refractivity contribution is 5.97. The predicted molar refractivity (Wildman–Crippen MR) is 76.9 cm³/mol. The molecular formula is C16H25NO. The molecular weight excluding hydrogens is 222 g/mol. The second-order valence-corrected chi connectivity index (χ2v) is 5.04. The molecule has 0 aliphatic carbocycles. The Morgan fingerprint density at radius 1 is 1.17 bits per heavy atom. The number of carbonyl (C=O) groups excluding carboxylic acids is 1. The van der Waals surface area contributed by atoms with E-state index in [1.165, 1.54) is 0 Å². The molecule has 0 saturated carbocycles. The molecule has 0 N–H and O–H groups in total. The minimum Gasteiger partial charge on any atom is -0.303 e. The number of rotatable bonds is 7. The number of carbonyl (C=O) groups is 1. The lowest BCUT2D eigenvalue weighted by atomic mass is 9.98. The van der Waals surface area contributed by atoms with Gasteiger partial charge in [0, 0.05) is 24.1 Å². The first-order chi connectivity index (χ1) is 8.60. The fourth-order valence-corrected chi connectivity index (χ4v) is 2.46. The predicted octanol–water partition coefficient (Wildman–Crippen LogP) is 3.63. The summed E-state index contributed by atoms with van der Waals surface area (Å²) in [5.74, 6) is 0.298. The fraction of sp³-hybridized carbons (Fsp3) is 0.562. The highest BCUT2D eigenvalue weighted by atomic mass is 16.1. The second kappa shape index (κ2) is 7.32. The molecule has 0 heterocycles. The maximum Gasteiger partial charge on any atom is 0.166 e.